The lowest BCUT2D eigenvalue weighted by atomic mass is 9.90. The van der Waals surface area contributed by atoms with Crippen LogP contribution >= 0.6 is 0 Å². The predicted octanol–water partition coefficient (Wildman–Crippen LogP) is 4.42. The summed E-state index contributed by atoms with van der Waals surface area (Å²) in [5.74, 6) is -1.60. The van der Waals surface area contributed by atoms with Crippen LogP contribution < -0.4 is 4.74 Å². The lowest BCUT2D eigenvalue weighted by Crippen LogP contribution is -2.36. The van der Waals surface area contributed by atoms with Gasteiger partial charge in [0.05, 0.1) is 41.5 Å². The van der Waals surface area contributed by atoms with Crippen molar-refractivity contribution >= 4 is 0 Å². The number of benzene rings is 3. The van der Waals surface area contributed by atoms with Crippen LogP contribution in [0.25, 0.3) is 11.1 Å². The van der Waals surface area contributed by atoms with Crippen LogP contribution in [0.3, 0.4) is 0 Å². The summed E-state index contributed by atoms with van der Waals surface area (Å²) < 4.78 is 36.4. The van der Waals surface area contributed by atoms with Crippen molar-refractivity contribution in [1.29, 1.82) is 10.5 Å². The SMILES string of the molecule is Cn1cncc1C(O)(COc1c(F)cc(C#N)cc1-c1cccc(F)c1)c1ccc(C#N)cc1. The predicted molar refractivity (Wildman–Crippen MR) is 119 cm³/mol. The third-order valence-electron chi connectivity index (χ3n) is 5.47. The van der Waals surface area contributed by atoms with Gasteiger partial charge < -0.3 is 14.4 Å². The number of aromatic nitrogens is 2. The van der Waals surface area contributed by atoms with Crippen molar-refractivity contribution in [2.24, 2.45) is 7.05 Å². The molecule has 0 saturated heterocycles. The summed E-state index contributed by atoms with van der Waals surface area (Å²) in [6.07, 6.45) is 2.97. The van der Waals surface area contributed by atoms with E-state index in [1.165, 1.54) is 36.8 Å². The number of ether oxygens (including phenoxy) is 1. The van der Waals surface area contributed by atoms with E-state index in [0.717, 1.165) is 6.07 Å². The van der Waals surface area contributed by atoms with Gasteiger partial charge in [0.2, 0.25) is 0 Å². The van der Waals surface area contributed by atoms with Gasteiger partial charge in [-0.1, -0.05) is 24.3 Å². The first kappa shape index (κ1) is 22.7. The number of imidazole rings is 1. The van der Waals surface area contributed by atoms with Crippen LogP contribution in [-0.4, -0.2) is 21.3 Å². The summed E-state index contributed by atoms with van der Waals surface area (Å²) in [5, 5.41) is 30.1. The molecule has 0 saturated carbocycles. The Kier molecular flexibility index (Phi) is 6.09. The number of nitriles is 2. The van der Waals surface area contributed by atoms with Crippen LogP contribution in [0, 0.1) is 34.3 Å². The molecule has 0 fully saturated rings. The Hall–Kier alpha value is -4.53. The van der Waals surface area contributed by atoms with E-state index in [0.29, 0.717) is 22.4 Å². The Balaban J connectivity index is 1.80. The Labute approximate surface area is 194 Å². The van der Waals surface area contributed by atoms with Crippen LogP contribution in [0.2, 0.25) is 0 Å². The first-order valence-corrected chi connectivity index (χ1v) is 10.2. The number of rotatable bonds is 6. The molecule has 0 amide bonds. The topological polar surface area (TPSA) is 94.9 Å². The maximum absolute atomic E-state index is 15.1. The van der Waals surface area contributed by atoms with Crippen LogP contribution in [0.15, 0.2) is 73.2 Å². The van der Waals surface area contributed by atoms with Crippen LogP contribution in [-0.2, 0) is 12.6 Å². The summed E-state index contributed by atoms with van der Waals surface area (Å²) >= 11 is 0. The Bertz CT molecular complexity index is 1430. The Morgan fingerprint density at radius 2 is 1.76 bits per heavy atom. The molecule has 168 valence electrons. The van der Waals surface area contributed by atoms with Gasteiger partial charge in [0.1, 0.15) is 12.4 Å². The Morgan fingerprint density at radius 1 is 1.03 bits per heavy atom. The van der Waals surface area contributed by atoms with Crippen LogP contribution in [0.4, 0.5) is 8.78 Å². The van der Waals surface area contributed by atoms with E-state index in [2.05, 4.69) is 4.98 Å². The second-order valence-electron chi connectivity index (χ2n) is 7.68. The molecule has 4 aromatic rings. The smallest absolute Gasteiger partial charge is 0.167 e. The molecule has 4 rings (SSSR count). The molecule has 3 aromatic carbocycles. The molecule has 1 N–H and O–H groups in total. The van der Waals surface area contributed by atoms with E-state index in [1.807, 2.05) is 12.1 Å². The summed E-state index contributed by atoms with van der Waals surface area (Å²) in [6.45, 7) is -0.427. The van der Waals surface area contributed by atoms with Crippen molar-refractivity contribution in [3.63, 3.8) is 0 Å². The maximum atomic E-state index is 15.1. The van der Waals surface area contributed by atoms with Crippen molar-refractivity contribution in [2.45, 2.75) is 5.60 Å². The van der Waals surface area contributed by atoms with Gasteiger partial charge in [0.25, 0.3) is 0 Å². The molecule has 1 aromatic heterocycles. The first-order valence-electron chi connectivity index (χ1n) is 10.2. The lowest BCUT2D eigenvalue weighted by molar-refractivity contribution is 0.0205. The van der Waals surface area contributed by atoms with Gasteiger partial charge in [-0.2, -0.15) is 10.5 Å². The number of nitrogens with zero attached hydrogens (tertiary/aromatic N) is 4. The average Bonchev–Trinajstić information content (AvgIpc) is 3.29. The fourth-order valence-electron chi connectivity index (χ4n) is 3.73. The number of hydrogen-bond acceptors (Lipinski definition) is 5. The number of hydrogen-bond donors (Lipinski definition) is 1. The molecule has 8 heteroatoms. The van der Waals surface area contributed by atoms with E-state index in [9.17, 15) is 14.8 Å². The minimum Gasteiger partial charge on any atom is -0.486 e. The van der Waals surface area contributed by atoms with E-state index in [-0.39, 0.29) is 16.9 Å². The molecule has 1 atom stereocenters. The van der Waals surface area contributed by atoms with Gasteiger partial charge in [-0.25, -0.2) is 13.8 Å². The molecule has 0 aliphatic carbocycles. The third-order valence-corrected chi connectivity index (χ3v) is 5.47. The minimum atomic E-state index is -1.77. The molecule has 6 nitrogen and oxygen atoms in total. The minimum absolute atomic E-state index is 0.0399. The Morgan fingerprint density at radius 3 is 2.38 bits per heavy atom. The van der Waals surface area contributed by atoms with Gasteiger partial charge in [0.15, 0.2) is 17.2 Å². The first-order chi connectivity index (χ1) is 16.4. The molecular weight excluding hydrogens is 438 g/mol. The summed E-state index contributed by atoms with van der Waals surface area (Å²) in [5.41, 5.74) is -0.0629. The zero-order valence-electron chi connectivity index (χ0n) is 18.0. The van der Waals surface area contributed by atoms with Crippen molar-refractivity contribution in [3.05, 3.63) is 107 Å². The molecule has 34 heavy (non-hydrogen) atoms. The molecule has 0 spiro atoms. The molecule has 0 bridgehead atoms. The van der Waals surface area contributed by atoms with E-state index < -0.39 is 23.8 Å². The number of aryl methyl sites for hydroxylation is 1. The third kappa shape index (κ3) is 4.23. The van der Waals surface area contributed by atoms with Crippen molar-refractivity contribution in [3.8, 4) is 29.0 Å². The highest BCUT2D eigenvalue weighted by atomic mass is 19.1. The van der Waals surface area contributed by atoms with Gasteiger partial charge >= 0.3 is 0 Å². The van der Waals surface area contributed by atoms with Gasteiger partial charge in [-0.15, -0.1) is 0 Å². The second kappa shape index (κ2) is 9.14. The van der Waals surface area contributed by atoms with Crippen LogP contribution in [0.1, 0.15) is 22.4 Å². The summed E-state index contributed by atoms with van der Waals surface area (Å²) in [4.78, 5) is 4.06. The number of aliphatic hydroxyl groups is 1. The highest BCUT2D eigenvalue weighted by Crippen LogP contribution is 2.37. The van der Waals surface area contributed by atoms with Crippen molar-refractivity contribution in [1.82, 2.24) is 9.55 Å². The largest absolute Gasteiger partial charge is 0.486 e. The van der Waals surface area contributed by atoms with Crippen molar-refractivity contribution < 1.29 is 18.6 Å². The lowest BCUT2D eigenvalue weighted by Gasteiger charge is -2.29. The highest BCUT2D eigenvalue weighted by Gasteiger charge is 2.36. The van der Waals surface area contributed by atoms with E-state index in [4.69, 9.17) is 10.00 Å². The second-order valence-corrected chi connectivity index (χ2v) is 7.68. The molecule has 0 aliphatic heterocycles. The van der Waals surface area contributed by atoms with Crippen molar-refractivity contribution in [2.75, 3.05) is 6.61 Å². The summed E-state index contributed by atoms with van der Waals surface area (Å²) in [7, 11) is 1.69. The number of halogens is 2. The van der Waals surface area contributed by atoms with Gasteiger partial charge in [-0.3, -0.25) is 0 Å². The van der Waals surface area contributed by atoms with E-state index >= 15 is 4.39 Å². The zero-order chi connectivity index (χ0) is 24.3. The quantitative estimate of drug-likeness (QED) is 0.463. The molecular formula is C26H18F2N4O2. The normalized spacial score (nSPS) is 12.4. The fourth-order valence-corrected chi connectivity index (χ4v) is 3.73. The standard InChI is InChI=1S/C26H18F2N4O2/c1-32-16-31-14-24(32)26(33,20-7-5-17(12-29)6-8-20)15-34-25-22(9-18(13-30)10-23(25)28)19-3-2-4-21(27)11-19/h2-11,14,16,33H,15H2,1H3. The molecule has 0 aliphatic rings. The molecule has 1 unspecified atom stereocenters. The molecule has 1 heterocycles. The highest BCUT2D eigenvalue weighted by molar-refractivity contribution is 5.72. The zero-order valence-corrected chi connectivity index (χ0v) is 18.0. The maximum Gasteiger partial charge on any atom is 0.167 e. The van der Waals surface area contributed by atoms with Gasteiger partial charge in [0, 0.05) is 12.6 Å². The fraction of sp³-hybridized carbons (Fsp3) is 0.115. The monoisotopic (exact) mass is 456 g/mol. The van der Waals surface area contributed by atoms with E-state index in [1.54, 1.807) is 41.9 Å². The van der Waals surface area contributed by atoms with Crippen LogP contribution in [0.5, 0.6) is 5.75 Å². The molecule has 0 radical (unpaired) electrons. The average molecular weight is 456 g/mol. The summed E-state index contributed by atoms with van der Waals surface area (Å²) in [6, 6.07) is 18.1. The van der Waals surface area contributed by atoms with Gasteiger partial charge in [-0.05, 0) is 47.5 Å².